The maximum atomic E-state index is 5.38. The highest BCUT2D eigenvalue weighted by Crippen LogP contribution is 2.24. The molecule has 0 aromatic carbocycles. The van der Waals surface area contributed by atoms with Gasteiger partial charge in [-0.05, 0) is 46.0 Å². The SMILES string of the molecule is CC1=C(N(C)CCCCN(C)C)CSCC1=S. The summed E-state index contributed by atoms with van der Waals surface area (Å²) in [4.78, 5) is 5.77. The number of hydrogen-bond donors (Lipinski definition) is 0. The molecule has 0 aromatic heterocycles. The Labute approximate surface area is 115 Å². The predicted octanol–water partition coefficient (Wildman–Crippen LogP) is 2.65. The number of thiocarbonyl (C=S) groups is 1. The van der Waals surface area contributed by atoms with E-state index >= 15 is 0 Å². The van der Waals surface area contributed by atoms with E-state index in [9.17, 15) is 0 Å². The van der Waals surface area contributed by atoms with Crippen molar-refractivity contribution in [1.29, 1.82) is 0 Å². The summed E-state index contributed by atoms with van der Waals surface area (Å²) in [5, 5.41) is 0. The molecule has 0 aliphatic carbocycles. The van der Waals surface area contributed by atoms with Crippen LogP contribution in [0.1, 0.15) is 19.8 Å². The third kappa shape index (κ3) is 4.98. The van der Waals surface area contributed by atoms with Crippen LogP contribution in [0.2, 0.25) is 0 Å². The molecule has 98 valence electrons. The molecule has 1 aliphatic heterocycles. The van der Waals surface area contributed by atoms with E-state index in [2.05, 4.69) is 37.9 Å². The number of rotatable bonds is 6. The van der Waals surface area contributed by atoms with Crippen molar-refractivity contribution in [3.05, 3.63) is 11.3 Å². The van der Waals surface area contributed by atoms with Crippen molar-refractivity contribution in [3.63, 3.8) is 0 Å². The second kappa shape index (κ2) is 7.39. The largest absolute Gasteiger partial charge is 0.377 e. The van der Waals surface area contributed by atoms with Crippen LogP contribution in [0.25, 0.3) is 0 Å². The lowest BCUT2D eigenvalue weighted by Crippen LogP contribution is -2.27. The number of allylic oxidation sites excluding steroid dienone is 1. The molecule has 0 radical (unpaired) electrons. The summed E-state index contributed by atoms with van der Waals surface area (Å²) in [7, 11) is 6.46. The average molecular weight is 272 g/mol. The number of nitrogens with zero attached hydrogens (tertiary/aromatic N) is 2. The summed E-state index contributed by atoms with van der Waals surface area (Å²) in [6, 6.07) is 0. The molecule has 0 saturated carbocycles. The molecule has 2 nitrogen and oxygen atoms in total. The topological polar surface area (TPSA) is 6.48 Å². The summed E-state index contributed by atoms with van der Waals surface area (Å²) in [6.45, 7) is 4.50. The zero-order valence-electron chi connectivity index (χ0n) is 11.5. The summed E-state index contributed by atoms with van der Waals surface area (Å²) in [5.41, 5.74) is 2.78. The van der Waals surface area contributed by atoms with Gasteiger partial charge in [-0.15, -0.1) is 11.8 Å². The van der Waals surface area contributed by atoms with E-state index < -0.39 is 0 Å². The van der Waals surface area contributed by atoms with Crippen LogP contribution in [0.5, 0.6) is 0 Å². The van der Waals surface area contributed by atoms with Crippen molar-refractivity contribution in [2.45, 2.75) is 19.8 Å². The highest BCUT2D eigenvalue weighted by atomic mass is 32.2. The van der Waals surface area contributed by atoms with Crippen LogP contribution in [-0.2, 0) is 0 Å². The standard InChI is InChI=1S/C13H24N2S2/c1-11-12(9-17-10-13(11)16)15(4)8-6-5-7-14(2)3/h5-10H2,1-4H3. The predicted molar refractivity (Wildman–Crippen MR) is 83.0 cm³/mol. The highest BCUT2D eigenvalue weighted by Gasteiger charge is 2.16. The molecule has 1 heterocycles. The van der Waals surface area contributed by atoms with Gasteiger partial charge in [0.15, 0.2) is 0 Å². The normalized spacial score (nSPS) is 16.9. The zero-order valence-corrected chi connectivity index (χ0v) is 13.1. The van der Waals surface area contributed by atoms with Crippen molar-refractivity contribution in [2.24, 2.45) is 0 Å². The van der Waals surface area contributed by atoms with Crippen molar-refractivity contribution in [1.82, 2.24) is 9.80 Å². The fourth-order valence-electron chi connectivity index (χ4n) is 1.93. The van der Waals surface area contributed by atoms with Gasteiger partial charge in [0.05, 0.1) is 0 Å². The van der Waals surface area contributed by atoms with Crippen LogP contribution in [-0.4, -0.2) is 60.4 Å². The van der Waals surface area contributed by atoms with Gasteiger partial charge in [-0.2, -0.15) is 0 Å². The molecule has 0 unspecified atom stereocenters. The summed E-state index contributed by atoms with van der Waals surface area (Å²) in [5.74, 6) is 2.15. The molecule has 0 aromatic rings. The number of unbranched alkanes of at least 4 members (excludes halogenated alkanes) is 1. The number of hydrogen-bond acceptors (Lipinski definition) is 4. The molecule has 17 heavy (non-hydrogen) atoms. The third-order valence-corrected chi connectivity index (χ3v) is 4.74. The quantitative estimate of drug-likeness (QED) is 0.541. The van der Waals surface area contributed by atoms with Gasteiger partial charge in [-0.1, -0.05) is 12.2 Å². The summed E-state index contributed by atoms with van der Waals surface area (Å²) in [6.07, 6.45) is 2.52. The van der Waals surface area contributed by atoms with E-state index in [1.54, 1.807) is 0 Å². The van der Waals surface area contributed by atoms with Crippen LogP contribution in [0, 0.1) is 0 Å². The Bertz CT molecular complexity index is 298. The Hall–Kier alpha value is -0.0600. The fourth-order valence-corrected chi connectivity index (χ4v) is 3.43. The minimum atomic E-state index is 1.03. The Morgan fingerprint density at radius 3 is 2.41 bits per heavy atom. The van der Waals surface area contributed by atoms with Gasteiger partial charge in [-0.25, -0.2) is 0 Å². The first-order valence-electron chi connectivity index (χ1n) is 6.19. The second-order valence-corrected chi connectivity index (χ2v) is 6.40. The average Bonchev–Trinajstić information content (AvgIpc) is 2.27. The third-order valence-electron chi connectivity index (χ3n) is 3.13. The maximum Gasteiger partial charge on any atom is 0.0341 e. The molecule has 0 spiro atoms. The molecule has 4 heteroatoms. The van der Waals surface area contributed by atoms with E-state index in [0.29, 0.717) is 0 Å². The van der Waals surface area contributed by atoms with Gasteiger partial charge < -0.3 is 9.80 Å². The highest BCUT2D eigenvalue weighted by molar-refractivity contribution is 8.01. The first-order chi connectivity index (χ1) is 8.02. The summed E-state index contributed by atoms with van der Waals surface area (Å²) >= 11 is 7.32. The van der Waals surface area contributed by atoms with Crippen LogP contribution in [0.4, 0.5) is 0 Å². The number of thioether (sulfide) groups is 1. The van der Waals surface area contributed by atoms with Crippen LogP contribution >= 0.6 is 24.0 Å². The van der Waals surface area contributed by atoms with Crippen molar-refractivity contribution >= 4 is 28.8 Å². The fraction of sp³-hybridized carbons (Fsp3) is 0.769. The van der Waals surface area contributed by atoms with E-state index in [1.807, 2.05) is 11.8 Å². The zero-order chi connectivity index (χ0) is 12.8. The minimum Gasteiger partial charge on any atom is -0.377 e. The molecular weight excluding hydrogens is 248 g/mol. The smallest absolute Gasteiger partial charge is 0.0341 e. The molecule has 1 aliphatic rings. The monoisotopic (exact) mass is 272 g/mol. The first-order valence-corrected chi connectivity index (χ1v) is 7.75. The Morgan fingerprint density at radius 1 is 1.12 bits per heavy atom. The van der Waals surface area contributed by atoms with Crippen molar-refractivity contribution in [2.75, 3.05) is 45.7 Å². The molecule has 1 rings (SSSR count). The molecule has 0 N–H and O–H groups in total. The van der Waals surface area contributed by atoms with E-state index in [1.165, 1.54) is 30.7 Å². The van der Waals surface area contributed by atoms with Gasteiger partial charge in [-0.3, -0.25) is 0 Å². The lowest BCUT2D eigenvalue weighted by Gasteiger charge is -2.28. The van der Waals surface area contributed by atoms with Gasteiger partial charge in [0.25, 0.3) is 0 Å². The molecule has 0 saturated heterocycles. The van der Waals surface area contributed by atoms with Crippen molar-refractivity contribution < 1.29 is 0 Å². The van der Waals surface area contributed by atoms with Gasteiger partial charge in [0.2, 0.25) is 0 Å². The molecular formula is C13H24N2S2. The second-order valence-electron chi connectivity index (χ2n) is 4.92. The minimum absolute atomic E-state index is 1.03. The Kier molecular flexibility index (Phi) is 6.52. The van der Waals surface area contributed by atoms with Crippen LogP contribution in [0.15, 0.2) is 11.3 Å². The van der Waals surface area contributed by atoms with Crippen LogP contribution < -0.4 is 0 Å². The first kappa shape index (κ1) is 15.0. The van der Waals surface area contributed by atoms with E-state index in [4.69, 9.17) is 12.2 Å². The van der Waals surface area contributed by atoms with Crippen LogP contribution in [0.3, 0.4) is 0 Å². The summed E-state index contributed by atoms with van der Waals surface area (Å²) < 4.78 is 0. The Balaban J connectivity index is 2.39. The van der Waals surface area contributed by atoms with Crippen molar-refractivity contribution in [3.8, 4) is 0 Å². The molecule has 0 atom stereocenters. The van der Waals surface area contributed by atoms with E-state index in [-0.39, 0.29) is 0 Å². The van der Waals surface area contributed by atoms with Gasteiger partial charge in [0, 0.05) is 35.7 Å². The van der Waals surface area contributed by atoms with E-state index in [0.717, 1.165) is 22.9 Å². The molecule has 0 amide bonds. The van der Waals surface area contributed by atoms with Gasteiger partial charge >= 0.3 is 0 Å². The lowest BCUT2D eigenvalue weighted by molar-refractivity contribution is 0.358. The Morgan fingerprint density at radius 2 is 1.76 bits per heavy atom. The van der Waals surface area contributed by atoms with Gasteiger partial charge in [0.1, 0.15) is 0 Å². The molecule has 0 bridgehead atoms. The lowest BCUT2D eigenvalue weighted by atomic mass is 10.1. The molecule has 0 fully saturated rings. The maximum absolute atomic E-state index is 5.38.